The Morgan fingerprint density at radius 2 is 2.12 bits per heavy atom. The van der Waals surface area contributed by atoms with E-state index in [1.165, 1.54) is 0 Å². The van der Waals surface area contributed by atoms with Crippen LogP contribution in [0.5, 0.6) is 0 Å². The van der Waals surface area contributed by atoms with Crippen LogP contribution in [-0.2, 0) is 11.2 Å². The molecule has 0 spiro atoms. The molecule has 17 heavy (non-hydrogen) atoms. The number of hydrogen-bond donors (Lipinski definition) is 1. The lowest BCUT2D eigenvalue weighted by Crippen LogP contribution is -2.47. The van der Waals surface area contributed by atoms with Gasteiger partial charge in [0.1, 0.15) is 0 Å². The summed E-state index contributed by atoms with van der Waals surface area (Å²) in [7, 11) is 0. The number of hydrogen-bond acceptors (Lipinski definition) is 3. The van der Waals surface area contributed by atoms with Crippen molar-refractivity contribution in [3.63, 3.8) is 0 Å². The van der Waals surface area contributed by atoms with E-state index in [1.807, 2.05) is 17.0 Å². The molecule has 0 saturated carbocycles. The lowest BCUT2D eigenvalue weighted by atomic mass is 10.0. The number of aryl methyl sites for hydroxylation is 1. The van der Waals surface area contributed by atoms with Gasteiger partial charge in [-0.05, 0) is 30.2 Å². The van der Waals surface area contributed by atoms with E-state index in [2.05, 4.69) is 6.92 Å². The zero-order chi connectivity index (χ0) is 12.4. The van der Waals surface area contributed by atoms with Crippen LogP contribution < -0.4 is 10.6 Å². The average molecular weight is 232 g/mol. The van der Waals surface area contributed by atoms with E-state index in [4.69, 9.17) is 5.73 Å². The molecule has 0 bridgehead atoms. The molecule has 90 valence electrons. The van der Waals surface area contributed by atoms with Gasteiger partial charge in [-0.15, -0.1) is 0 Å². The van der Waals surface area contributed by atoms with Crippen LogP contribution in [0.25, 0.3) is 0 Å². The first-order valence-electron chi connectivity index (χ1n) is 5.81. The van der Waals surface area contributed by atoms with Crippen molar-refractivity contribution in [1.29, 1.82) is 0 Å². The van der Waals surface area contributed by atoms with Crippen LogP contribution in [0.2, 0.25) is 0 Å². The summed E-state index contributed by atoms with van der Waals surface area (Å²) in [4.78, 5) is 24.2. The predicted molar refractivity (Wildman–Crippen MR) is 66.2 cm³/mol. The van der Waals surface area contributed by atoms with E-state index in [0.29, 0.717) is 18.7 Å². The van der Waals surface area contributed by atoms with Crippen molar-refractivity contribution in [3.8, 4) is 0 Å². The molecule has 0 aromatic heterocycles. The first-order valence-corrected chi connectivity index (χ1v) is 5.81. The molecule has 0 radical (unpaired) electrons. The minimum Gasteiger partial charge on any atom is -0.366 e. The van der Waals surface area contributed by atoms with Crippen molar-refractivity contribution in [2.45, 2.75) is 19.8 Å². The van der Waals surface area contributed by atoms with Gasteiger partial charge in [-0.1, -0.05) is 13.3 Å². The predicted octanol–water partition coefficient (Wildman–Crippen LogP) is 1.13. The van der Waals surface area contributed by atoms with E-state index in [0.717, 1.165) is 24.1 Å². The van der Waals surface area contributed by atoms with Crippen molar-refractivity contribution in [1.82, 2.24) is 0 Å². The van der Waals surface area contributed by atoms with Crippen molar-refractivity contribution in [3.05, 3.63) is 29.3 Å². The summed E-state index contributed by atoms with van der Waals surface area (Å²) in [6.07, 6.45) is 1.79. The summed E-state index contributed by atoms with van der Waals surface area (Å²) >= 11 is 0. The zero-order valence-electron chi connectivity index (χ0n) is 9.90. The molecule has 1 fully saturated rings. The monoisotopic (exact) mass is 232 g/mol. The fraction of sp³-hybridized carbons (Fsp3) is 0.385. The highest BCUT2D eigenvalue weighted by molar-refractivity contribution is 5.97. The number of carbonyl (C=O) groups is 2. The van der Waals surface area contributed by atoms with Crippen molar-refractivity contribution in [2.24, 2.45) is 5.73 Å². The second-order valence-corrected chi connectivity index (χ2v) is 4.35. The third kappa shape index (κ3) is 2.30. The van der Waals surface area contributed by atoms with Gasteiger partial charge in [-0.2, -0.15) is 0 Å². The number of benzene rings is 1. The van der Waals surface area contributed by atoms with Crippen molar-refractivity contribution >= 4 is 17.4 Å². The first kappa shape index (κ1) is 11.6. The van der Waals surface area contributed by atoms with E-state index >= 15 is 0 Å². The topological polar surface area (TPSA) is 63.4 Å². The zero-order valence-corrected chi connectivity index (χ0v) is 9.90. The van der Waals surface area contributed by atoms with Gasteiger partial charge in [0.25, 0.3) is 0 Å². The number of anilines is 1. The van der Waals surface area contributed by atoms with Gasteiger partial charge >= 0.3 is 0 Å². The van der Waals surface area contributed by atoms with Gasteiger partial charge in [-0.25, -0.2) is 0 Å². The Morgan fingerprint density at radius 3 is 2.65 bits per heavy atom. The lowest BCUT2D eigenvalue weighted by molar-refractivity contribution is -0.119. The molecule has 1 aromatic rings. The van der Waals surface area contributed by atoms with Crippen LogP contribution in [0.3, 0.4) is 0 Å². The van der Waals surface area contributed by atoms with Gasteiger partial charge in [0, 0.05) is 11.3 Å². The second-order valence-electron chi connectivity index (χ2n) is 4.35. The van der Waals surface area contributed by atoms with Crippen LogP contribution in [0, 0.1) is 0 Å². The summed E-state index contributed by atoms with van der Waals surface area (Å²) in [6, 6.07) is 5.58. The maximum atomic E-state index is 11.3. The van der Waals surface area contributed by atoms with E-state index in [9.17, 15) is 9.59 Å². The van der Waals surface area contributed by atoms with E-state index < -0.39 is 0 Å². The molecule has 0 unspecified atom stereocenters. The standard InChI is InChI=1S/C13H16N2O2/c1-2-3-9-6-10(15-7-11(16)8-15)4-5-12(9)13(14)17/h4-6H,2-3,7-8H2,1H3,(H2,14,17). The summed E-state index contributed by atoms with van der Waals surface area (Å²) in [6.45, 7) is 3.01. The fourth-order valence-corrected chi connectivity index (χ4v) is 2.06. The number of Topliss-reactive ketones (excluding diaryl/α,β-unsaturated/α-hetero) is 1. The van der Waals surface area contributed by atoms with Gasteiger partial charge < -0.3 is 10.6 Å². The van der Waals surface area contributed by atoms with Crippen LogP contribution in [0.4, 0.5) is 5.69 Å². The molecule has 1 saturated heterocycles. The minimum absolute atomic E-state index is 0.251. The molecule has 0 atom stereocenters. The maximum Gasteiger partial charge on any atom is 0.248 e. The van der Waals surface area contributed by atoms with E-state index in [-0.39, 0.29) is 11.7 Å². The van der Waals surface area contributed by atoms with Gasteiger partial charge in [0.15, 0.2) is 5.78 Å². The van der Waals surface area contributed by atoms with E-state index in [1.54, 1.807) is 6.07 Å². The second kappa shape index (κ2) is 4.57. The molecule has 4 heteroatoms. The molecule has 1 aliphatic rings. The number of nitrogens with zero attached hydrogens (tertiary/aromatic N) is 1. The van der Waals surface area contributed by atoms with Crippen LogP contribution >= 0.6 is 0 Å². The molecular formula is C13H16N2O2. The molecule has 1 aromatic carbocycles. The van der Waals surface area contributed by atoms with Crippen molar-refractivity contribution < 1.29 is 9.59 Å². The summed E-state index contributed by atoms with van der Waals surface area (Å²) < 4.78 is 0. The van der Waals surface area contributed by atoms with Gasteiger partial charge in [-0.3, -0.25) is 9.59 Å². The third-order valence-electron chi connectivity index (χ3n) is 2.97. The Hall–Kier alpha value is -1.84. The Kier molecular flexibility index (Phi) is 3.13. The molecular weight excluding hydrogens is 216 g/mol. The first-order chi connectivity index (χ1) is 8.11. The molecule has 2 rings (SSSR count). The van der Waals surface area contributed by atoms with Gasteiger partial charge in [0.2, 0.25) is 5.91 Å². The Bertz CT molecular complexity index is 460. The Morgan fingerprint density at radius 1 is 1.41 bits per heavy atom. The summed E-state index contributed by atoms with van der Waals surface area (Å²) in [5, 5.41) is 0. The largest absolute Gasteiger partial charge is 0.366 e. The molecule has 4 nitrogen and oxygen atoms in total. The average Bonchev–Trinajstić information content (AvgIpc) is 2.25. The number of rotatable bonds is 4. The molecule has 1 amide bonds. The number of amides is 1. The maximum absolute atomic E-state index is 11.3. The SMILES string of the molecule is CCCc1cc(N2CC(=O)C2)ccc1C(N)=O. The highest BCUT2D eigenvalue weighted by atomic mass is 16.1. The lowest BCUT2D eigenvalue weighted by Gasteiger charge is -2.32. The number of nitrogens with two attached hydrogens (primary N) is 1. The third-order valence-corrected chi connectivity index (χ3v) is 2.97. The fourth-order valence-electron chi connectivity index (χ4n) is 2.06. The Balaban J connectivity index is 2.28. The van der Waals surface area contributed by atoms with Crippen LogP contribution in [0.15, 0.2) is 18.2 Å². The highest BCUT2D eigenvalue weighted by Gasteiger charge is 2.24. The van der Waals surface area contributed by atoms with Crippen LogP contribution in [-0.4, -0.2) is 24.8 Å². The molecule has 0 aliphatic carbocycles. The number of primary amides is 1. The highest BCUT2D eigenvalue weighted by Crippen LogP contribution is 2.23. The summed E-state index contributed by atoms with van der Waals surface area (Å²) in [5.74, 6) is -0.138. The molecule has 2 N–H and O–H groups in total. The minimum atomic E-state index is -0.389. The smallest absolute Gasteiger partial charge is 0.248 e. The Labute approximate surface area is 100 Å². The normalized spacial score (nSPS) is 14.6. The van der Waals surface area contributed by atoms with Gasteiger partial charge in [0.05, 0.1) is 13.1 Å². The number of carbonyl (C=O) groups excluding carboxylic acids is 2. The summed E-state index contributed by atoms with van der Waals surface area (Å²) in [5.41, 5.74) is 7.89. The van der Waals surface area contributed by atoms with Crippen LogP contribution in [0.1, 0.15) is 29.3 Å². The molecule has 1 heterocycles. The molecule has 1 aliphatic heterocycles. The quantitative estimate of drug-likeness (QED) is 0.846. The number of ketones is 1. The van der Waals surface area contributed by atoms with Crippen molar-refractivity contribution in [2.75, 3.05) is 18.0 Å².